The SMILES string of the molecule is CC(C)(C)OC(=O)N1CCOCC1C(=O)c1cc(F)ccc1F. The molecule has 1 aromatic carbocycles. The number of hydrogen-bond donors (Lipinski definition) is 0. The molecule has 1 amide bonds. The van der Waals surface area contributed by atoms with Crippen molar-refractivity contribution in [3.8, 4) is 0 Å². The topological polar surface area (TPSA) is 55.8 Å². The Morgan fingerprint density at radius 1 is 1.30 bits per heavy atom. The smallest absolute Gasteiger partial charge is 0.411 e. The van der Waals surface area contributed by atoms with E-state index in [1.807, 2.05) is 0 Å². The first-order chi connectivity index (χ1) is 10.7. The minimum absolute atomic E-state index is 0.0893. The molecule has 0 aliphatic carbocycles. The first kappa shape index (κ1) is 17.3. The van der Waals surface area contributed by atoms with Gasteiger partial charge < -0.3 is 9.47 Å². The molecule has 1 unspecified atom stereocenters. The predicted molar refractivity (Wildman–Crippen MR) is 78.2 cm³/mol. The molecule has 0 aromatic heterocycles. The molecule has 1 heterocycles. The van der Waals surface area contributed by atoms with Gasteiger partial charge in [0.25, 0.3) is 0 Å². The van der Waals surface area contributed by atoms with Crippen molar-refractivity contribution in [2.75, 3.05) is 19.8 Å². The Kier molecular flexibility index (Phi) is 4.99. The number of hydrogen-bond acceptors (Lipinski definition) is 4. The summed E-state index contributed by atoms with van der Waals surface area (Å²) in [4.78, 5) is 26.0. The van der Waals surface area contributed by atoms with E-state index in [0.717, 1.165) is 18.2 Å². The average molecular weight is 327 g/mol. The van der Waals surface area contributed by atoms with Gasteiger partial charge in [0.15, 0.2) is 5.78 Å². The van der Waals surface area contributed by atoms with E-state index in [1.165, 1.54) is 4.90 Å². The molecule has 1 aliphatic heterocycles. The van der Waals surface area contributed by atoms with Crippen LogP contribution in [0.1, 0.15) is 31.1 Å². The van der Waals surface area contributed by atoms with Gasteiger partial charge in [-0.25, -0.2) is 13.6 Å². The van der Waals surface area contributed by atoms with Crippen molar-refractivity contribution in [3.05, 3.63) is 35.4 Å². The van der Waals surface area contributed by atoms with Crippen LogP contribution >= 0.6 is 0 Å². The zero-order valence-corrected chi connectivity index (χ0v) is 13.3. The van der Waals surface area contributed by atoms with Gasteiger partial charge in [-0.3, -0.25) is 9.69 Å². The van der Waals surface area contributed by atoms with Crippen molar-refractivity contribution in [3.63, 3.8) is 0 Å². The van der Waals surface area contributed by atoms with Crippen LogP contribution in [0.4, 0.5) is 13.6 Å². The molecule has 0 radical (unpaired) electrons. The third kappa shape index (κ3) is 4.25. The maximum absolute atomic E-state index is 13.8. The number of carbonyl (C=O) groups is 2. The summed E-state index contributed by atoms with van der Waals surface area (Å²) in [6.07, 6.45) is -0.684. The molecule has 0 spiro atoms. The molecule has 1 fully saturated rings. The van der Waals surface area contributed by atoms with Crippen LogP contribution in [0, 0.1) is 11.6 Å². The minimum atomic E-state index is -1.05. The van der Waals surface area contributed by atoms with E-state index in [-0.39, 0.29) is 19.8 Å². The molecule has 5 nitrogen and oxygen atoms in total. The summed E-state index contributed by atoms with van der Waals surface area (Å²) in [5.41, 5.74) is -1.14. The third-order valence-corrected chi connectivity index (χ3v) is 3.25. The normalized spacial score (nSPS) is 18.7. The van der Waals surface area contributed by atoms with Gasteiger partial charge in [0.2, 0.25) is 0 Å². The van der Waals surface area contributed by atoms with Gasteiger partial charge in [0.05, 0.1) is 18.8 Å². The quantitative estimate of drug-likeness (QED) is 0.784. The zero-order valence-electron chi connectivity index (χ0n) is 13.3. The second kappa shape index (κ2) is 6.62. The molecular weight excluding hydrogens is 308 g/mol. The summed E-state index contributed by atoms with van der Waals surface area (Å²) < 4.78 is 37.6. The summed E-state index contributed by atoms with van der Waals surface area (Å²) in [6, 6.07) is 1.58. The number of halogens is 2. The van der Waals surface area contributed by atoms with Crippen LogP contribution in [0.3, 0.4) is 0 Å². The highest BCUT2D eigenvalue weighted by Crippen LogP contribution is 2.20. The number of ether oxygens (including phenoxy) is 2. The summed E-state index contributed by atoms with van der Waals surface area (Å²) in [6.45, 7) is 5.40. The fourth-order valence-electron chi connectivity index (χ4n) is 2.23. The summed E-state index contributed by atoms with van der Waals surface area (Å²) in [5, 5.41) is 0. The third-order valence-electron chi connectivity index (χ3n) is 3.25. The molecule has 7 heteroatoms. The number of ketones is 1. The Morgan fingerprint density at radius 2 is 2.00 bits per heavy atom. The number of Topliss-reactive ketones (excluding diaryl/α,β-unsaturated/α-hetero) is 1. The Bertz CT molecular complexity index is 613. The molecule has 1 saturated heterocycles. The molecular formula is C16H19F2NO4. The van der Waals surface area contributed by atoms with Gasteiger partial charge in [-0.05, 0) is 39.0 Å². The van der Waals surface area contributed by atoms with E-state index in [4.69, 9.17) is 9.47 Å². The lowest BCUT2D eigenvalue weighted by Gasteiger charge is -2.35. The number of nitrogens with zero attached hydrogens (tertiary/aromatic N) is 1. The minimum Gasteiger partial charge on any atom is -0.444 e. The number of morpholine rings is 1. The standard InChI is InChI=1S/C16H19F2NO4/c1-16(2,3)23-15(21)19-6-7-22-9-13(19)14(20)11-8-10(17)4-5-12(11)18/h4-5,8,13H,6-7,9H2,1-3H3. The number of rotatable bonds is 2. The van der Waals surface area contributed by atoms with E-state index >= 15 is 0 Å². The van der Waals surface area contributed by atoms with Gasteiger partial charge in [-0.15, -0.1) is 0 Å². The molecule has 0 bridgehead atoms. The number of benzene rings is 1. The Hall–Kier alpha value is -2.02. The largest absolute Gasteiger partial charge is 0.444 e. The fourth-order valence-corrected chi connectivity index (χ4v) is 2.23. The van der Waals surface area contributed by atoms with E-state index in [0.29, 0.717) is 0 Å². The van der Waals surface area contributed by atoms with Crippen LogP contribution < -0.4 is 0 Å². The van der Waals surface area contributed by atoms with Crippen LogP contribution in [0.5, 0.6) is 0 Å². The molecule has 126 valence electrons. The van der Waals surface area contributed by atoms with Crippen LogP contribution in [0.2, 0.25) is 0 Å². The van der Waals surface area contributed by atoms with Crippen molar-refractivity contribution in [1.82, 2.24) is 4.90 Å². The Balaban J connectivity index is 2.25. The Morgan fingerprint density at radius 3 is 2.65 bits per heavy atom. The van der Waals surface area contributed by atoms with Gasteiger partial charge in [0, 0.05) is 6.54 Å². The summed E-state index contributed by atoms with van der Waals surface area (Å²) in [7, 11) is 0. The number of amides is 1. The van der Waals surface area contributed by atoms with Crippen molar-refractivity contribution in [2.24, 2.45) is 0 Å². The van der Waals surface area contributed by atoms with E-state index < -0.39 is 40.7 Å². The molecule has 1 atom stereocenters. The number of carbonyl (C=O) groups excluding carboxylic acids is 2. The summed E-state index contributed by atoms with van der Waals surface area (Å²) in [5.74, 6) is -2.28. The van der Waals surface area contributed by atoms with Crippen molar-refractivity contribution >= 4 is 11.9 Å². The highest BCUT2D eigenvalue weighted by atomic mass is 19.1. The zero-order chi connectivity index (χ0) is 17.2. The van der Waals surface area contributed by atoms with Crippen molar-refractivity contribution < 1.29 is 27.8 Å². The van der Waals surface area contributed by atoms with Gasteiger partial charge in [0.1, 0.15) is 23.3 Å². The van der Waals surface area contributed by atoms with Crippen LogP contribution in [0.15, 0.2) is 18.2 Å². The average Bonchev–Trinajstić information content (AvgIpc) is 2.47. The first-order valence-corrected chi connectivity index (χ1v) is 7.25. The fraction of sp³-hybridized carbons (Fsp3) is 0.500. The van der Waals surface area contributed by atoms with E-state index in [2.05, 4.69) is 0 Å². The highest BCUT2D eigenvalue weighted by molar-refractivity contribution is 6.02. The second-order valence-corrected chi connectivity index (χ2v) is 6.25. The van der Waals surface area contributed by atoms with Crippen molar-refractivity contribution in [1.29, 1.82) is 0 Å². The summed E-state index contributed by atoms with van der Waals surface area (Å²) >= 11 is 0. The molecule has 0 saturated carbocycles. The predicted octanol–water partition coefficient (Wildman–Crippen LogP) is 2.78. The van der Waals surface area contributed by atoms with Gasteiger partial charge in [-0.2, -0.15) is 0 Å². The Labute approximate surface area is 133 Å². The molecule has 1 aromatic rings. The molecule has 23 heavy (non-hydrogen) atoms. The van der Waals surface area contributed by atoms with E-state index in [1.54, 1.807) is 20.8 Å². The molecule has 1 aliphatic rings. The van der Waals surface area contributed by atoms with Gasteiger partial charge in [-0.1, -0.05) is 0 Å². The van der Waals surface area contributed by atoms with E-state index in [9.17, 15) is 18.4 Å². The van der Waals surface area contributed by atoms with Crippen LogP contribution in [-0.2, 0) is 9.47 Å². The van der Waals surface area contributed by atoms with Crippen LogP contribution in [0.25, 0.3) is 0 Å². The molecule has 0 N–H and O–H groups in total. The monoisotopic (exact) mass is 327 g/mol. The molecule has 2 rings (SSSR count). The second-order valence-electron chi connectivity index (χ2n) is 6.25. The lowest BCUT2D eigenvalue weighted by molar-refractivity contribution is -0.0266. The van der Waals surface area contributed by atoms with Gasteiger partial charge >= 0.3 is 6.09 Å². The van der Waals surface area contributed by atoms with Crippen LogP contribution in [-0.4, -0.2) is 48.2 Å². The maximum Gasteiger partial charge on any atom is 0.411 e. The highest BCUT2D eigenvalue weighted by Gasteiger charge is 2.36. The van der Waals surface area contributed by atoms with Crippen molar-refractivity contribution in [2.45, 2.75) is 32.4 Å². The lowest BCUT2D eigenvalue weighted by Crippen LogP contribution is -2.54. The lowest BCUT2D eigenvalue weighted by atomic mass is 10.0. The first-order valence-electron chi connectivity index (χ1n) is 7.25. The maximum atomic E-state index is 13.8.